The lowest BCUT2D eigenvalue weighted by atomic mass is 10.1. The number of aromatic carboxylic acids is 1. The number of fused-ring (bicyclic) bond motifs is 1. The van der Waals surface area contributed by atoms with E-state index in [2.05, 4.69) is 22.5 Å². The number of H-pyrrole nitrogens is 1. The molecule has 0 spiro atoms. The van der Waals surface area contributed by atoms with Gasteiger partial charge in [0.15, 0.2) is 0 Å². The number of carboxylic acid groups (broad SMARTS) is 1. The van der Waals surface area contributed by atoms with E-state index in [1.54, 1.807) is 17.4 Å². The Labute approximate surface area is 114 Å². The van der Waals surface area contributed by atoms with E-state index in [-0.39, 0.29) is 5.69 Å². The predicted molar refractivity (Wildman–Crippen MR) is 77.0 cm³/mol. The highest BCUT2D eigenvalue weighted by Gasteiger charge is 2.12. The molecule has 4 heteroatoms. The normalized spacial score (nSPS) is 10.9. The first-order chi connectivity index (χ1) is 9.24. The van der Waals surface area contributed by atoms with Gasteiger partial charge in [0, 0.05) is 0 Å². The summed E-state index contributed by atoms with van der Waals surface area (Å²) in [6, 6.07) is 12.0. The highest BCUT2D eigenvalue weighted by atomic mass is 32.1. The molecule has 0 saturated carbocycles. The number of aromatic amines is 1. The Balaban J connectivity index is 1.83. The summed E-state index contributed by atoms with van der Waals surface area (Å²) in [6.07, 6.45) is 1.89. The fourth-order valence-electron chi connectivity index (χ4n) is 2.18. The summed E-state index contributed by atoms with van der Waals surface area (Å²) < 4.78 is 1.01. The number of rotatable bonds is 4. The van der Waals surface area contributed by atoms with Crippen molar-refractivity contribution in [3.05, 3.63) is 58.6 Å². The molecule has 0 fully saturated rings. The van der Waals surface area contributed by atoms with Gasteiger partial charge in [-0.25, -0.2) is 4.79 Å². The van der Waals surface area contributed by atoms with Crippen LogP contribution in [0.1, 0.15) is 21.6 Å². The number of hydrogen-bond donors (Lipinski definition) is 2. The molecule has 0 aliphatic rings. The van der Waals surface area contributed by atoms with Gasteiger partial charge in [-0.05, 0) is 35.4 Å². The predicted octanol–water partition coefficient (Wildman–Crippen LogP) is 3.71. The first-order valence-electron chi connectivity index (χ1n) is 6.10. The lowest BCUT2D eigenvalue weighted by molar-refractivity contribution is 0.0691. The van der Waals surface area contributed by atoms with E-state index in [0.29, 0.717) is 0 Å². The number of benzene rings is 1. The van der Waals surface area contributed by atoms with E-state index < -0.39 is 5.97 Å². The Kier molecular flexibility index (Phi) is 3.09. The van der Waals surface area contributed by atoms with E-state index in [0.717, 1.165) is 23.1 Å². The van der Waals surface area contributed by atoms with Gasteiger partial charge in [-0.15, -0.1) is 11.3 Å². The van der Waals surface area contributed by atoms with Gasteiger partial charge in [-0.1, -0.05) is 30.3 Å². The molecule has 0 amide bonds. The van der Waals surface area contributed by atoms with E-state index in [1.807, 2.05) is 18.2 Å². The Morgan fingerprint density at radius 1 is 1.21 bits per heavy atom. The number of carbonyl (C=O) groups is 1. The number of thiophene rings is 1. The van der Waals surface area contributed by atoms with Crippen LogP contribution < -0.4 is 0 Å². The molecule has 3 aromatic rings. The van der Waals surface area contributed by atoms with Gasteiger partial charge in [0.05, 0.1) is 10.2 Å². The highest BCUT2D eigenvalue weighted by molar-refractivity contribution is 7.17. The minimum atomic E-state index is -0.905. The minimum Gasteiger partial charge on any atom is -0.477 e. The molecule has 0 aliphatic carbocycles. The van der Waals surface area contributed by atoms with Gasteiger partial charge in [0.2, 0.25) is 0 Å². The summed E-state index contributed by atoms with van der Waals surface area (Å²) in [5.41, 5.74) is 3.73. The van der Waals surface area contributed by atoms with Crippen LogP contribution >= 0.6 is 11.3 Å². The lowest BCUT2D eigenvalue weighted by Crippen LogP contribution is -1.96. The largest absolute Gasteiger partial charge is 0.477 e. The summed E-state index contributed by atoms with van der Waals surface area (Å²) in [6.45, 7) is 0. The third-order valence-electron chi connectivity index (χ3n) is 3.19. The zero-order valence-corrected chi connectivity index (χ0v) is 11.0. The third kappa shape index (κ3) is 2.39. The molecule has 2 aromatic heterocycles. The molecular formula is C15H13NO2S. The molecule has 3 nitrogen and oxygen atoms in total. The van der Waals surface area contributed by atoms with Gasteiger partial charge in [0.1, 0.15) is 5.69 Å². The Morgan fingerprint density at radius 3 is 2.74 bits per heavy atom. The van der Waals surface area contributed by atoms with Crippen molar-refractivity contribution in [1.82, 2.24) is 4.98 Å². The van der Waals surface area contributed by atoms with E-state index in [9.17, 15) is 4.79 Å². The first kappa shape index (κ1) is 12.0. The number of aryl methyl sites for hydroxylation is 2. The van der Waals surface area contributed by atoms with Gasteiger partial charge in [-0.3, -0.25) is 0 Å². The Hall–Kier alpha value is -2.07. The van der Waals surface area contributed by atoms with Crippen molar-refractivity contribution in [1.29, 1.82) is 0 Å². The average Bonchev–Trinajstić information content (AvgIpc) is 2.98. The number of hydrogen-bond acceptors (Lipinski definition) is 2. The van der Waals surface area contributed by atoms with Crippen molar-refractivity contribution in [3.8, 4) is 0 Å². The molecule has 0 atom stereocenters. The average molecular weight is 271 g/mol. The molecule has 0 saturated heterocycles. The maximum Gasteiger partial charge on any atom is 0.352 e. The molecule has 0 unspecified atom stereocenters. The number of nitrogens with one attached hydrogen (secondary N) is 1. The minimum absolute atomic E-state index is 0.266. The molecule has 3 rings (SSSR count). The monoisotopic (exact) mass is 271 g/mol. The molecule has 0 radical (unpaired) electrons. The smallest absolute Gasteiger partial charge is 0.352 e. The second kappa shape index (κ2) is 4.90. The van der Waals surface area contributed by atoms with Crippen molar-refractivity contribution in [2.45, 2.75) is 12.8 Å². The summed E-state index contributed by atoms with van der Waals surface area (Å²) in [5, 5.41) is 11.1. The van der Waals surface area contributed by atoms with Gasteiger partial charge < -0.3 is 10.1 Å². The number of aromatic nitrogens is 1. The molecule has 0 bridgehead atoms. The van der Waals surface area contributed by atoms with Crippen LogP contribution in [0.2, 0.25) is 0 Å². The van der Waals surface area contributed by atoms with Crippen LogP contribution in [0.25, 0.3) is 10.2 Å². The molecule has 96 valence electrons. The SMILES string of the molecule is O=C(O)c1cc2scc(CCc3ccccc3)c2[nH]1. The van der Waals surface area contributed by atoms with Crippen molar-refractivity contribution in [3.63, 3.8) is 0 Å². The van der Waals surface area contributed by atoms with Crippen molar-refractivity contribution in [2.75, 3.05) is 0 Å². The zero-order chi connectivity index (χ0) is 13.2. The van der Waals surface area contributed by atoms with Crippen molar-refractivity contribution >= 4 is 27.5 Å². The van der Waals surface area contributed by atoms with Gasteiger partial charge >= 0.3 is 5.97 Å². The standard InChI is InChI=1S/C15H13NO2S/c17-15(18)12-8-13-14(16-12)11(9-19-13)7-6-10-4-2-1-3-5-10/h1-5,8-9,16H,6-7H2,(H,17,18). The molecule has 2 heterocycles. The van der Waals surface area contributed by atoms with Gasteiger partial charge in [-0.2, -0.15) is 0 Å². The first-order valence-corrected chi connectivity index (χ1v) is 6.98. The third-order valence-corrected chi connectivity index (χ3v) is 4.17. The maximum atomic E-state index is 10.9. The van der Waals surface area contributed by atoms with Crippen molar-refractivity contribution < 1.29 is 9.90 Å². The van der Waals surface area contributed by atoms with Crippen LogP contribution in [0.4, 0.5) is 0 Å². The van der Waals surface area contributed by atoms with E-state index in [4.69, 9.17) is 5.11 Å². The molecule has 0 aliphatic heterocycles. The number of carboxylic acids is 1. The fraction of sp³-hybridized carbons (Fsp3) is 0.133. The molecule has 1 aromatic carbocycles. The van der Waals surface area contributed by atoms with Crippen LogP contribution in [0.5, 0.6) is 0 Å². The Bertz CT molecular complexity index is 712. The maximum absolute atomic E-state index is 10.9. The Morgan fingerprint density at radius 2 is 2.00 bits per heavy atom. The van der Waals surface area contributed by atoms with Crippen LogP contribution in [0.3, 0.4) is 0 Å². The quantitative estimate of drug-likeness (QED) is 0.760. The summed E-state index contributed by atoms with van der Waals surface area (Å²) in [4.78, 5) is 13.9. The summed E-state index contributed by atoms with van der Waals surface area (Å²) in [5.74, 6) is -0.905. The molecule has 19 heavy (non-hydrogen) atoms. The van der Waals surface area contributed by atoms with Crippen LogP contribution in [0, 0.1) is 0 Å². The molecular weight excluding hydrogens is 258 g/mol. The van der Waals surface area contributed by atoms with Crippen molar-refractivity contribution in [2.24, 2.45) is 0 Å². The van der Waals surface area contributed by atoms with E-state index in [1.165, 1.54) is 11.1 Å². The zero-order valence-electron chi connectivity index (χ0n) is 10.2. The second-order valence-electron chi connectivity index (χ2n) is 4.47. The van der Waals surface area contributed by atoms with Crippen LogP contribution in [-0.2, 0) is 12.8 Å². The fourth-order valence-corrected chi connectivity index (χ4v) is 3.17. The molecule has 2 N–H and O–H groups in total. The summed E-state index contributed by atoms with van der Waals surface area (Å²) in [7, 11) is 0. The van der Waals surface area contributed by atoms with Crippen LogP contribution in [0.15, 0.2) is 41.8 Å². The van der Waals surface area contributed by atoms with Crippen LogP contribution in [-0.4, -0.2) is 16.1 Å². The second-order valence-corrected chi connectivity index (χ2v) is 5.39. The van der Waals surface area contributed by atoms with E-state index >= 15 is 0 Å². The topological polar surface area (TPSA) is 53.1 Å². The lowest BCUT2D eigenvalue weighted by Gasteiger charge is -1.99. The van der Waals surface area contributed by atoms with Gasteiger partial charge in [0.25, 0.3) is 0 Å². The highest BCUT2D eigenvalue weighted by Crippen LogP contribution is 2.27. The summed E-state index contributed by atoms with van der Waals surface area (Å²) >= 11 is 1.59.